The molecule has 1 atom stereocenters. The van der Waals surface area contributed by atoms with E-state index in [2.05, 4.69) is 5.32 Å². The second-order valence-electron chi connectivity index (χ2n) is 6.02. The summed E-state index contributed by atoms with van der Waals surface area (Å²) in [6, 6.07) is 8.66. The van der Waals surface area contributed by atoms with Crippen molar-refractivity contribution >= 4 is 5.91 Å². The van der Waals surface area contributed by atoms with Gasteiger partial charge in [0.05, 0.1) is 12.5 Å². The van der Waals surface area contributed by atoms with E-state index < -0.39 is 47.0 Å². The van der Waals surface area contributed by atoms with Crippen molar-refractivity contribution in [3.05, 3.63) is 70.5 Å². The van der Waals surface area contributed by atoms with Crippen LogP contribution in [-0.2, 0) is 11.2 Å². The highest BCUT2D eigenvalue weighted by atomic mass is 19.2. The maximum absolute atomic E-state index is 13.7. The minimum Gasteiger partial charge on any atom is -0.349 e. The normalized spacial score (nSPS) is 15.1. The van der Waals surface area contributed by atoms with Crippen LogP contribution < -0.4 is 5.32 Å². The van der Waals surface area contributed by atoms with E-state index in [1.165, 1.54) is 0 Å². The average molecular weight is 355 g/mol. The monoisotopic (exact) mass is 355 g/mol. The number of halogens is 5. The fourth-order valence-corrected chi connectivity index (χ4v) is 2.75. The van der Waals surface area contributed by atoms with E-state index in [1.54, 1.807) is 12.1 Å². The first-order valence-electron chi connectivity index (χ1n) is 7.74. The third-order valence-corrected chi connectivity index (χ3v) is 4.21. The van der Waals surface area contributed by atoms with Gasteiger partial charge in [0.1, 0.15) is 0 Å². The van der Waals surface area contributed by atoms with Crippen LogP contribution in [0, 0.1) is 35.0 Å². The van der Waals surface area contributed by atoms with Gasteiger partial charge in [-0.1, -0.05) is 30.3 Å². The van der Waals surface area contributed by atoms with E-state index in [-0.39, 0.29) is 12.0 Å². The summed E-state index contributed by atoms with van der Waals surface area (Å²) in [6.07, 6.45) is 0.854. The zero-order valence-electron chi connectivity index (χ0n) is 13.0. The average Bonchev–Trinajstić information content (AvgIpc) is 3.45. The fourth-order valence-electron chi connectivity index (χ4n) is 2.75. The second-order valence-corrected chi connectivity index (χ2v) is 6.02. The predicted molar refractivity (Wildman–Crippen MR) is 80.0 cm³/mol. The zero-order valence-corrected chi connectivity index (χ0v) is 13.0. The number of rotatable bonds is 5. The lowest BCUT2D eigenvalue weighted by Crippen LogP contribution is -2.31. The molecule has 0 saturated heterocycles. The minimum absolute atomic E-state index is 0.197. The zero-order chi connectivity index (χ0) is 18.1. The highest BCUT2D eigenvalue weighted by molar-refractivity contribution is 5.79. The van der Waals surface area contributed by atoms with Gasteiger partial charge >= 0.3 is 0 Å². The Labute approximate surface area is 140 Å². The Kier molecular flexibility index (Phi) is 4.74. The SMILES string of the molecule is O=C(Cc1c(F)c(F)c(F)c(F)c1F)N[C@H](c1ccccc1)C1CC1. The topological polar surface area (TPSA) is 29.1 Å². The lowest BCUT2D eigenvalue weighted by molar-refractivity contribution is -0.121. The van der Waals surface area contributed by atoms with Crippen LogP contribution in [0.2, 0.25) is 0 Å². The molecule has 0 aliphatic heterocycles. The lowest BCUT2D eigenvalue weighted by atomic mass is 10.0. The molecular formula is C18H14F5NO. The summed E-state index contributed by atoms with van der Waals surface area (Å²) < 4.78 is 66.9. The smallest absolute Gasteiger partial charge is 0.225 e. The van der Waals surface area contributed by atoms with Gasteiger partial charge in [-0.25, -0.2) is 22.0 Å². The number of amides is 1. The van der Waals surface area contributed by atoms with E-state index in [0.29, 0.717) is 0 Å². The molecule has 2 nitrogen and oxygen atoms in total. The summed E-state index contributed by atoms with van der Waals surface area (Å²) in [5.74, 6) is -10.9. The Hall–Kier alpha value is -2.44. The Morgan fingerprint density at radius 2 is 1.44 bits per heavy atom. The maximum Gasteiger partial charge on any atom is 0.225 e. The van der Waals surface area contributed by atoms with Crippen LogP contribution in [0.4, 0.5) is 22.0 Å². The highest BCUT2D eigenvalue weighted by Gasteiger charge is 2.34. The molecular weight excluding hydrogens is 341 g/mol. The van der Waals surface area contributed by atoms with Crippen molar-refractivity contribution in [2.45, 2.75) is 25.3 Å². The van der Waals surface area contributed by atoms with Gasteiger partial charge in [-0.05, 0) is 24.3 Å². The van der Waals surface area contributed by atoms with E-state index in [4.69, 9.17) is 0 Å². The van der Waals surface area contributed by atoms with E-state index in [1.807, 2.05) is 18.2 Å². The largest absolute Gasteiger partial charge is 0.349 e. The standard InChI is InChI=1S/C18H14F5NO/c19-13-11(14(20)16(22)17(23)15(13)21)8-12(25)24-18(10-6-7-10)9-4-2-1-3-5-9/h1-5,10,18H,6-8H2,(H,24,25)/t18-/m1/s1. The third-order valence-electron chi connectivity index (χ3n) is 4.21. The number of carbonyl (C=O) groups is 1. The molecule has 1 N–H and O–H groups in total. The van der Waals surface area contributed by atoms with Crippen LogP contribution in [0.25, 0.3) is 0 Å². The first-order chi connectivity index (χ1) is 11.9. The molecule has 0 unspecified atom stereocenters. The van der Waals surface area contributed by atoms with Crippen molar-refractivity contribution in [2.24, 2.45) is 5.92 Å². The fraction of sp³-hybridized carbons (Fsp3) is 0.278. The second kappa shape index (κ2) is 6.82. The summed E-state index contributed by atoms with van der Waals surface area (Å²) in [5.41, 5.74) is -0.299. The van der Waals surface area contributed by atoms with Gasteiger partial charge < -0.3 is 5.32 Å². The first-order valence-corrected chi connectivity index (χ1v) is 7.74. The molecule has 1 saturated carbocycles. The molecule has 7 heteroatoms. The summed E-state index contributed by atoms with van der Waals surface area (Å²) in [4.78, 5) is 12.2. The van der Waals surface area contributed by atoms with Crippen molar-refractivity contribution < 1.29 is 26.7 Å². The Bertz CT molecular complexity index is 776. The van der Waals surface area contributed by atoms with Gasteiger partial charge in [0.25, 0.3) is 0 Å². The third kappa shape index (κ3) is 3.50. The van der Waals surface area contributed by atoms with E-state index >= 15 is 0 Å². The number of hydrogen-bond donors (Lipinski definition) is 1. The Morgan fingerprint density at radius 1 is 0.920 bits per heavy atom. The number of nitrogens with one attached hydrogen (secondary N) is 1. The van der Waals surface area contributed by atoms with E-state index in [9.17, 15) is 26.7 Å². The van der Waals surface area contributed by atoms with Crippen molar-refractivity contribution in [1.82, 2.24) is 5.32 Å². The van der Waals surface area contributed by atoms with Crippen LogP contribution in [0.3, 0.4) is 0 Å². The van der Waals surface area contributed by atoms with Gasteiger partial charge in [-0.3, -0.25) is 4.79 Å². The molecule has 0 heterocycles. The molecule has 0 bridgehead atoms. The summed E-state index contributed by atoms with van der Waals surface area (Å²) in [5, 5.41) is 2.64. The molecule has 0 aromatic heterocycles. The molecule has 1 aliphatic carbocycles. The Balaban J connectivity index is 1.81. The highest BCUT2D eigenvalue weighted by Crippen LogP contribution is 2.41. The Morgan fingerprint density at radius 3 is 1.96 bits per heavy atom. The van der Waals surface area contributed by atoms with Crippen molar-refractivity contribution in [2.75, 3.05) is 0 Å². The van der Waals surface area contributed by atoms with Crippen LogP contribution in [0.5, 0.6) is 0 Å². The van der Waals surface area contributed by atoms with Crippen LogP contribution in [0.1, 0.15) is 30.0 Å². The van der Waals surface area contributed by atoms with Crippen molar-refractivity contribution in [3.63, 3.8) is 0 Å². The van der Waals surface area contributed by atoms with Gasteiger partial charge in [0, 0.05) is 5.56 Å². The van der Waals surface area contributed by atoms with E-state index in [0.717, 1.165) is 18.4 Å². The number of carbonyl (C=O) groups excluding carboxylic acids is 1. The molecule has 25 heavy (non-hydrogen) atoms. The molecule has 2 aromatic carbocycles. The maximum atomic E-state index is 13.7. The molecule has 1 fully saturated rings. The lowest BCUT2D eigenvalue weighted by Gasteiger charge is -2.19. The quantitative estimate of drug-likeness (QED) is 0.486. The molecule has 132 valence electrons. The summed E-state index contributed by atoms with van der Waals surface area (Å²) >= 11 is 0. The van der Waals surface area contributed by atoms with Crippen molar-refractivity contribution in [3.8, 4) is 0 Å². The molecule has 3 rings (SSSR count). The van der Waals surface area contributed by atoms with Gasteiger partial charge in [-0.15, -0.1) is 0 Å². The van der Waals surface area contributed by atoms with Gasteiger partial charge in [0.2, 0.25) is 11.7 Å². The predicted octanol–water partition coefficient (Wildman–Crippen LogP) is 4.19. The summed E-state index contributed by atoms with van der Waals surface area (Å²) in [7, 11) is 0. The number of hydrogen-bond acceptors (Lipinski definition) is 1. The first kappa shape index (κ1) is 17.4. The minimum atomic E-state index is -2.24. The van der Waals surface area contributed by atoms with Crippen molar-refractivity contribution in [1.29, 1.82) is 0 Å². The molecule has 1 aliphatic rings. The van der Waals surface area contributed by atoms with Crippen LogP contribution in [-0.4, -0.2) is 5.91 Å². The molecule has 0 radical (unpaired) electrons. The van der Waals surface area contributed by atoms with Gasteiger partial charge in [-0.2, -0.15) is 0 Å². The number of benzene rings is 2. The van der Waals surface area contributed by atoms with Crippen LogP contribution in [0.15, 0.2) is 30.3 Å². The molecule has 1 amide bonds. The summed E-state index contributed by atoms with van der Waals surface area (Å²) in [6.45, 7) is 0. The molecule has 0 spiro atoms. The van der Waals surface area contributed by atoms with Gasteiger partial charge in [0.15, 0.2) is 23.3 Å². The molecule has 2 aromatic rings. The van der Waals surface area contributed by atoms with Crippen LogP contribution >= 0.6 is 0 Å².